The maximum atomic E-state index is 11.9. The van der Waals surface area contributed by atoms with E-state index in [1.165, 1.54) is 5.56 Å². The van der Waals surface area contributed by atoms with E-state index in [1.807, 2.05) is 19.1 Å². The third-order valence-electron chi connectivity index (χ3n) is 3.96. The third kappa shape index (κ3) is 7.24. The molecule has 1 amide bonds. The molecule has 2 aromatic carbocycles. The zero-order valence-electron chi connectivity index (χ0n) is 15.6. The van der Waals surface area contributed by atoms with E-state index in [0.717, 1.165) is 24.1 Å². The summed E-state index contributed by atoms with van der Waals surface area (Å²) in [6, 6.07) is 13.3. The lowest BCUT2D eigenvalue weighted by Gasteiger charge is -2.08. The topological polar surface area (TPSA) is 50.7 Å². The normalized spacial score (nSPS) is 11.3. The van der Waals surface area contributed by atoms with Gasteiger partial charge in [-0.1, -0.05) is 60.8 Å². The second kappa shape index (κ2) is 11.0. The fourth-order valence-corrected chi connectivity index (χ4v) is 2.94. The summed E-state index contributed by atoms with van der Waals surface area (Å²) in [6.07, 6.45) is 3.06. The number of rotatable bonds is 9. The molecular formula is C21H24Cl2N2O2. The van der Waals surface area contributed by atoms with Gasteiger partial charge in [0.2, 0.25) is 5.91 Å². The quantitative estimate of drug-likeness (QED) is 0.332. The van der Waals surface area contributed by atoms with Gasteiger partial charge in [0.1, 0.15) is 5.75 Å². The van der Waals surface area contributed by atoms with Gasteiger partial charge in [0.05, 0.1) is 17.3 Å². The van der Waals surface area contributed by atoms with Crippen molar-refractivity contribution < 1.29 is 9.53 Å². The SMILES string of the molecule is CCCc1ccc(/C(C)=N/NC(=O)CCCOc2ccc(Cl)cc2Cl)cc1. The number of nitrogens with zero attached hydrogens (tertiary/aromatic N) is 1. The van der Waals surface area contributed by atoms with Gasteiger partial charge in [0, 0.05) is 11.4 Å². The fraction of sp³-hybridized carbons (Fsp3) is 0.333. The van der Waals surface area contributed by atoms with Crippen molar-refractivity contribution in [1.82, 2.24) is 5.43 Å². The van der Waals surface area contributed by atoms with Gasteiger partial charge >= 0.3 is 0 Å². The molecule has 27 heavy (non-hydrogen) atoms. The summed E-state index contributed by atoms with van der Waals surface area (Å²) >= 11 is 11.9. The number of hydrogen-bond donors (Lipinski definition) is 1. The van der Waals surface area contributed by atoms with Crippen molar-refractivity contribution in [1.29, 1.82) is 0 Å². The number of carbonyl (C=O) groups is 1. The number of carbonyl (C=O) groups excluding carboxylic acids is 1. The van der Waals surface area contributed by atoms with E-state index in [9.17, 15) is 4.79 Å². The predicted molar refractivity (Wildman–Crippen MR) is 112 cm³/mol. The van der Waals surface area contributed by atoms with Gasteiger partial charge < -0.3 is 4.74 Å². The highest BCUT2D eigenvalue weighted by Gasteiger charge is 2.05. The lowest BCUT2D eigenvalue weighted by molar-refractivity contribution is -0.121. The summed E-state index contributed by atoms with van der Waals surface area (Å²) in [5.74, 6) is 0.407. The molecule has 0 aromatic heterocycles. The molecule has 0 atom stereocenters. The minimum atomic E-state index is -0.150. The number of aryl methyl sites for hydroxylation is 1. The molecule has 0 fully saturated rings. The zero-order chi connectivity index (χ0) is 19.6. The first kappa shape index (κ1) is 21.3. The van der Waals surface area contributed by atoms with E-state index in [1.54, 1.807) is 18.2 Å². The van der Waals surface area contributed by atoms with Gasteiger partial charge in [-0.2, -0.15) is 5.10 Å². The summed E-state index contributed by atoms with van der Waals surface area (Å²) < 4.78 is 5.56. The van der Waals surface area contributed by atoms with E-state index >= 15 is 0 Å². The number of ether oxygens (including phenoxy) is 1. The Labute approximate surface area is 170 Å². The highest BCUT2D eigenvalue weighted by Crippen LogP contribution is 2.27. The number of halogens is 2. The van der Waals surface area contributed by atoms with Crippen LogP contribution in [0.3, 0.4) is 0 Å². The first-order chi connectivity index (χ1) is 13.0. The Bertz CT molecular complexity index is 789. The second-order valence-corrected chi connectivity index (χ2v) is 7.05. The standard InChI is InChI=1S/C21H24Cl2N2O2/c1-3-5-16-7-9-17(10-8-16)15(2)24-25-21(26)6-4-13-27-20-12-11-18(22)14-19(20)23/h7-12,14H,3-6,13H2,1-2H3,(H,25,26)/b24-15+. The molecule has 0 radical (unpaired) electrons. The Morgan fingerprint density at radius 1 is 1.15 bits per heavy atom. The van der Waals surface area contributed by atoms with E-state index < -0.39 is 0 Å². The van der Waals surface area contributed by atoms with Crippen molar-refractivity contribution in [3.05, 3.63) is 63.6 Å². The van der Waals surface area contributed by atoms with Crippen LogP contribution in [0.4, 0.5) is 0 Å². The molecule has 0 spiro atoms. The van der Waals surface area contributed by atoms with Crippen LogP contribution in [-0.4, -0.2) is 18.2 Å². The average molecular weight is 407 g/mol. The molecule has 2 rings (SSSR count). The Balaban J connectivity index is 1.73. The largest absolute Gasteiger partial charge is 0.492 e. The second-order valence-electron chi connectivity index (χ2n) is 6.21. The molecule has 0 saturated heterocycles. The molecule has 6 heteroatoms. The van der Waals surface area contributed by atoms with Crippen molar-refractivity contribution in [2.45, 2.75) is 39.5 Å². The van der Waals surface area contributed by atoms with Crippen LogP contribution in [0.2, 0.25) is 10.0 Å². The number of hydrogen-bond acceptors (Lipinski definition) is 3. The van der Waals surface area contributed by atoms with E-state index in [-0.39, 0.29) is 5.91 Å². The van der Waals surface area contributed by atoms with Crippen molar-refractivity contribution in [2.24, 2.45) is 5.10 Å². The number of amides is 1. The van der Waals surface area contributed by atoms with Crippen molar-refractivity contribution in [3.63, 3.8) is 0 Å². The van der Waals surface area contributed by atoms with Gasteiger partial charge in [0.25, 0.3) is 0 Å². The summed E-state index contributed by atoms with van der Waals surface area (Å²) in [4.78, 5) is 11.9. The van der Waals surface area contributed by atoms with E-state index in [4.69, 9.17) is 27.9 Å². The number of hydrazone groups is 1. The lowest BCUT2D eigenvalue weighted by atomic mass is 10.1. The lowest BCUT2D eigenvalue weighted by Crippen LogP contribution is -2.19. The minimum absolute atomic E-state index is 0.150. The van der Waals surface area contributed by atoms with Crippen LogP contribution in [0.1, 0.15) is 44.2 Å². The van der Waals surface area contributed by atoms with E-state index in [0.29, 0.717) is 35.2 Å². The highest BCUT2D eigenvalue weighted by atomic mass is 35.5. The molecule has 0 bridgehead atoms. The number of nitrogens with one attached hydrogen (secondary N) is 1. The molecule has 144 valence electrons. The number of benzene rings is 2. The first-order valence-electron chi connectivity index (χ1n) is 9.00. The van der Waals surface area contributed by atoms with Crippen LogP contribution < -0.4 is 10.2 Å². The van der Waals surface area contributed by atoms with Crippen LogP contribution >= 0.6 is 23.2 Å². The Kier molecular flexibility index (Phi) is 8.62. The van der Waals surface area contributed by atoms with Gasteiger partial charge in [-0.15, -0.1) is 0 Å². The summed E-state index contributed by atoms with van der Waals surface area (Å²) in [7, 11) is 0. The molecule has 0 saturated carbocycles. The molecule has 4 nitrogen and oxygen atoms in total. The molecule has 1 N–H and O–H groups in total. The van der Waals surface area contributed by atoms with Gasteiger partial charge in [-0.05, 0) is 49.1 Å². The summed E-state index contributed by atoms with van der Waals surface area (Å²) in [5.41, 5.74) is 5.66. The Morgan fingerprint density at radius 3 is 2.56 bits per heavy atom. The average Bonchev–Trinajstić information content (AvgIpc) is 2.65. The Morgan fingerprint density at radius 2 is 1.89 bits per heavy atom. The maximum absolute atomic E-state index is 11.9. The monoisotopic (exact) mass is 406 g/mol. The van der Waals surface area contributed by atoms with Crippen LogP contribution in [0.15, 0.2) is 47.6 Å². The third-order valence-corrected chi connectivity index (χ3v) is 4.49. The molecule has 0 aliphatic heterocycles. The molecular weight excluding hydrogens is 383 g/mol. The van der Waals surface area contributed by atoms with Crippen LogP contribution in [0, 0.1) is 0 Å². The zero-order valence-corrected chi connectivity index (χ0v) is 17.1. The summed E-state index contributed by atoms with van der Waals surface area (Å²) in [6.45, 7) is 4.42. The predicted octanol–water partition coefficient (Wildman–Crippen LogP) is 5.65. The summed E-state index contributed by atoms with van der Waals surface area (Å²) in [5, 5.41) is 5.18. The van der Waals surface area contributed by atoms with Crippen molar-refractivity contribution in [3.8, 4) is 5.75 Å². The molecule has 0 heterocycles. The smallest absolute Gasteiger partial charge is 0.240 e. The highest BCUT2D eigenvalue weighted by molar-refractivity contribution is 6.35. The minimum Gasteiger partial charge on any atom is -0.492 e. The van der Waals surface area contributed by atoms with Crippen molar-refractivity contribution >= 4 is 34.8 Å². The van der Waals surface area contributed by atoms with Crippen molar-refractivity contribution in [2.75, 3.05) is 6.61 Å². The molecule has 2 aromatic rings. The Hall–Kier alpha value is -2.04. The maximum Gasteiger partial charge on any atom is 0.240 e. The first-order valence-corrected chi connectivity index (χ1v) is 9.75. The molecule has 0 aliphatic carbocycles. The fourth-order valence-electron chi connectivity index (χ4n) is 2.48. The molecule has 0 unspecified atom stereocenters. The van der Waals surface area contributed by atoms with Gasteiger partial charge in [-0.3, -0.25) is 4.79 Å². The van der Waals surface area contributed by atoms with Crippen LogP contribution in [0.25, 0.3) is 0 Å². The van der Waals surface area contributed by atoms with Crippen LogP contribution in [0.5, 0.6) is 5.75 Å². The van der Waals surface area contributed by atoms with Gasteiger partial charge in [-0.25, -0.2) is 5.43 Å². The van der Waals surface area contributed by atoms with Gasteiger partial charge in [0.15, 0.2) is 0 Å². The van der Waals surface area contributed by atoms with E-state index in [2.05, 4.69) is 29.6 Å². The van der Waals surface area contributed by atoms with Crippen LogP contribution in [-0.2, 0) is 11.2 Å². The molecule has 0 aliphatic rings.